The number of rotatable bonds is 3. The maximum Gasteiger partial charge on any atom is 0.126 e. The molecule has 1 nitrogen and oxygen atoms in total. The van der Waals surface area contributed by atoms with Crippen molar-refractivity contribution in [2.75, 3.05) is 0 Å². The Balaban J connectivity index is 1.92. The van der Waals surface area contributed by atoms with Gasteiger partial charge in [-0.05, 0) is 44.2 Å². The van der Waals surface area contributed by atoms with Gasteiger partial charge in [-0.3, -0.25) is 5.32 Å². The molecule has 0 heterocycles. The van der Waals surface area contributed by atoms with E-state index in [1.807, 2.05) is 26.0 Å². The van der Waals surface area contributed by atoms with Crippen molar-refractivity contribution in [2.24, 2.45) is 0 Å². The third-order valence-electron chi connectivity index (χ3n) is 3.41. The van der Waals surface area contributed by atoms with Crippen molar-refractivity contribution in [2.45, 2.75) is 44.2 Å². The molecule has 0 unspecified atom stereocenters. The van der Waals surface area contributed by atoms with E-state index in [1.165, 1.54) is 6.07 Å². The molecule has 0 saturated heterocycles. The van der Waals surface area contributed by atoms with Gasteiger partial charge in [-0.2, -0.15) is 0 Å². The minimum absolute atomic E-state index is 0.0906. The molecule has 0 radical (unpaired) electrons. The van der Waals surface area contributed by atoms with Gasteiger partial charge in [0.1, 0.15) is 5.82 Å². The zero-order valence-corrected chi connectivity index (χ0v) is 10.3. The van der Waals surface area contributed by atoms with Crippen LogP contribution in [0.3, 0.4) is 0 Å². The number of halogens is 1. The van der Waals surface area contributed by atoms with Crippen molar-refractivity contribution in [3.05, 3.63) is 35.6 Å². The second-order valence-electron chi connectivity index (χ2n) is 5.30. The van der Waals surface area contributed by atoms with E-state index >= 15 is 0 Å². The van der Waals surface area contributed by atoms with Crippen LogP contribution in [0.2, 0.25) is 0 Å². The third kappa shape index (κ3) is 2.68. The van der Waals surface area contributed by atoms with Crippen molar-refractivity contribution in [1.82, 2.24) is 5.32 Å². The molecule has 2 heteroatoms. The fourth-order valence-electron chi connectivity index (χ4n) is 2.35. The first-order valence-corrected chi connectivity index (χ1v) is 6.02. The minimum Gasteiger partial charge on any atom is -0.299 e. The number of nitrogens with one attached hydrogen (secondary N) is 1. The lowest BCUT2D eigenvalue weighted by atomic mass is 9.75. The Morgan fingerprint density at radius 3 is 2.59 bits per heavy atom. The van der Waals surface area contributed by atoms with E-state index < -0.39 is 0 Å². The molecule has 0 aromatic heterocycles. The van der Waals surface area contributed by atoms with Crippen LogP contribution < -0.4 is 5.32 Å². The predicted octanol–water partition coefficient (Wildman–Crippen LogP) is 3.07. The van der Waals surface area contributed by atoms with Crippen molar-refractivity contribution in [3.8, 4) is 12.3 Å². The maximum atomic E-state index is 13.5. The molecule has 1 N–H and O–H groups in total. The molecule has 17 heavy (non-hydrogen) atoms. The van der Waals surface area contributed by atoms with Crippen LogP contribution in [-0.4, -0.2) is 11.6 Å². The van der Waals surface area contributed by atoms with Crippen molar-refractivity contribution in [1.29, 1.82) is 0 Å². The van der Waals surface area contributed by atoms with Gasteiger partial charge in [-0.15, -0.1) is 6.42 Å². The van der Waals surface area contributed by atoms with Crippen molar-refractivity contribution in [3.63, 3.8) is 0 Å². The van der Waals surface area contributed by atoms with Gasteiger partial charge < -0.3 is 0 Å². The fraction of sp³-hybridized carbons (Fsp3) is 0.467. The molecule has 1 fully saturated rings. The summed E-state index contributed by atoms with van der Waals surface area (Å²) >= 11 is 0. The Kier molecular flexibility index (Phi) is 3.22. The summed E-state index contributed by atoms with van der Waals surface area (Å²) in [6.07, 6.45) is 7.36. The van der Waals surface area contributed by atoms with Gasteiger partial charge in [0.2, 0.25) is 0 Å². The van der Waals surface area contributed by atoms with Gasteiger partial charge in [-0.25, -0.2) is 4.39 Å². The second-order valence-corrected chi connectivity index (χ2v) is 5.30. The molecule has 0 atom stereocenters. The molecule has 1 saturated carbocycles. The molecule has 90 valence electrons. The molecule has 0 amide bonds. The van der Waals surface area contributed by atoms with Crippen molar-refractivity contribution >= 4 is 0 Å². The lowest BCUT2D eigenvalue weighted by Gasteiger charge is -2.40. The van der Waals surface area contributed by atoms with Crippen LogP contribution in [0.1, 0.15) is 38.2 Å². The molecule has 1 aromatic rings. The Labute approximate surface area is 102 Å². The summed E-state index contributed by atoms with van der Waals surface area (Å²) < 4.78 is 13.5. The first-order chi connectivity index (χ1) is 8.02. The zero-order valence-electron chi connectivity index (χ0n) is 10.3. The summed E-state index contributed by atoms with van der Waals surface area (Å²) in [5.41, 5.74) is 0.564. The van der Waals surface area contributed by atoms with E-state index in [4.69, 9.17) is 6.42 Å². The Morgan fingerprint density at radius 1 is 1.35 bits per heavy atom. The van der Waals surface area contributed by atoms with E-state index in [2.05, 4.69) is 11.2 Å². The van der Waals surface area contributed by atoms with Crippen LogP contribution in [0.5, 0.6) is 0 Å². The van der Waals surface area contributed by atoms with Crippen LogP contribution in [0, 0.1) is 18.2 Å². The quantitative estimate of drug-likeness (QED) is 0.788. The monoisotopic (exact) mass is 231 g/mol. The predicted molar refractivity (Wildman–Crippen MR) is 68.2 cm³/mol. The number of benzene rings is 1. The van der Waals surface area contributed by atoms with E-state index in [1.54, 1.807) is 6.07 Å². The molecule has 0 bridgehead atoms. The number of hydrogen-bond donors (Lipinski definition) is 1. The molecular weight excluding hydrogens is 213 g/mol. The highest BCUT2D eigenvalue weighted by Gasteiger charge is 2.34. The summed E-state index contributed by atoms with van der Waals surface area (Å²) in [5.74, 6) is 2.97. The fourth-order valence-corrected chi connectivity index (χ4v) is 2.35. The SMILES string of the molecule is C#CC(C)(C)NC1CC(c2ccccc2F)C1. The van der Waals surface area contributed by atoms with Gasteiger partial charge in [0.15, 0.2) is 0 Å². The maximum absolute atomic E-state index is 13.5. The molecule has 1 aliphatic carbocycles. The minimum atomic E-state index is -0.273. The molecule has 2 rings (SSSR count). The molecule has 0 aliphatic heterocycles. The van der Waals surface area contributed by atoms with E-state index in [9.17, 15) is 4.39 Å². The molecule has 1 aliphatic rings. The normalized spacial score (nSPS) is 23.9. The highest BCUT2D eigenvalue weighted by atomic mass is 19.1. The van der Waals surface area contributed by atoms with Crippen LogP contribution >= 0.6 is 0 Å². The summed E-state index contributed by atoms with van der Waals surface area (Å²) in [6.45, 7) is 3.98. The van der Waals surface area contributed by atoms with Gasteiger partial charge in [0, 0.05) is 6.04 Å². The third-order valence-corrected chi connectivity index (χ3v) is 3.41. The summed E-state index contributed by atoms with van der Waals surface area (Å²) in [7, 11) is 0. The van der Waals surface area contributed by atoms with Gasteiger partial charge in [-0.1, -0.05) is 24.1 Å². The van der Waals surface area contributed by atoms with Gasteiger partial charge >= 0.3 is 0 Å². The largest absolute Gasteiger partial charge is 0.299 e. The standard InChI is InChI=1S/C15H18FN/c1-4-15(2,3)17-12-9-11(10-12)13-7-5-6-8-14(13)16/h1,5-8,11-12,17H,9-10H2,2-3H3. The first kappa shape index (κ1) is 12.1. The van der Waals surface area contributed by atoms with Crippen LogP contribution in [0.4, 0.5) is 4.39 Å². The Hall–Kier alpha value is -1.33. The smallest absolute Gasteiger partial charge is 0.126 e. The highest BCUT2D eigenvalue weighted by Crippen LogP contribution is 2.38. The number of terminal acetylenes is 1. The Morgan fingerprint density at radius 2 is 2.00 bits per heavy atom. The van der Waals surface area contributed by atoms with Crippen molar-refractivity contribution < 1.29 is 4.39 Å². The molecule has 0 spiro atoms. The lowest BCUT2D eigenvalue weighted by molar-refractivity contribution is 0.249. The van der Waals surface area contributed by atoms with Crippen LogP contribution in [-0.2, 0) is 0 Å². The summed E-state index contributed by atoms with van der Waals surface area (Å²) in [6, 6.07) is 7.44. The summed E-state index contributed by atoms with van der Waals surface area (Å²) in [4.78, 5) is 0. The van der Waals surface area contributed by atoms with Gasteiger partial charge in [0.05, 0.1) is 5.54 Å². The lowest BCUT2D eigenvalue weighted by Crippen LogP contribution is -2.50. The highest BCUT2D eigenvalue weighted by molar-refractivity contribution is 5.25. The van der Waals surface area contributed by atoms with Gasteiger partial charge in [0.25, 0.3) is 0 Å². The topological polar surface area (TPSA) is 12.0 Å². The second kappa shape index (κ2) is 4.50. The first-order valence-electron chi connectivity index (χ1n) is 6.02. The average Bonchev–Trinajstić information content (AvgIpc) is 2.24. The zero-order chi connectivity index (χ0) is 12.5. The Bertz CT molecular complexity index is 438. The van der Waals surface area contributed by atoms with E-state index in [0.29, 0.717) is 12.0 Å². The number of hydrogen-bond acceptors (Lipinski definition) is 1. The van der Waals surface area contributed by atoms with Crippen LogP contribution in [0.25, 0.3) is 0 Å². The molecular formula is C15H18FN. The van der Waals surface area contributed by atoms with E-state index in [0.717, 1.165) is 18.4 Å². The average molecular weight is 231 g/mol. The van der Waals surface area contributed by atoms with E-state index in [-0.39, 0.29) is 11.4 Å². The molecule has 1 aromatic carbocycles. The summed E-state index contributed by atoms with van der Waals surface area (Å²) in [5, 5.41) is 3.40. The van der Waals surface area contributed by atoms with Crippen LogP contribution in [0.15, 0.2) is 24.3 Å².